The Labute approximate surface area is 152 Å². The van der Waals surface area contributed by atoms with E-state index in [4.69, 9.17) is 4.84 Å². The van der Waals surface area contributed by atoms with E-state index >= 15 is 0 Å². The molecule has 0 aromatic heterocycles. The molecule has 1 heterocycles. The van der Waals surface area contributed by atoms with Gasteiger partial charge in [-0.15, -0.1) is 0 Å². The second-order valence-corrected chi connectivity index (χ2v) is 6.58. The topological polar surface area (TPSA) is 68.9 Å². The van der Waals surface area contributed by atoms with Crippen molar-refractivity contribution in [2.24, 2.45) is 5.16 Å². The molecule has 132 valence electrons. The predicted octanol–water partition coefficient (Wildman–Crippen LogP) is 3.61. The summed E-state index contributed by atoms with van der Waals surface area (Å²) in [4.78, 5) is 21.7. The summed E-state index contributed by atoms with van der Waals surface area (Å²) in [6.07, 6.45) is -0.672. The Hall–Kier alpha value is -3.33. The van der Waals surface area contributed by atoms with Crippen molar-refractivity contribution >= 4 is 17.4 Å². The zero-order valence-corrected chi connectivity index (χ0v) is 15.0. The van der Waals surface area contributed by atoms with E-state index in [0.717, 1.165) is 0 Å². The summed E-state index contributed by atoms with van der Waals surface area (Å²) in [5.41, 5.74) is 0.912. The van der Waals surface area contributed by atoms with Crippen molar-refractivity contribution in [3.05, 3.63) is 66.2 Å². The van der Waals surface area contributed by atoms with Gasteiger partial charge >= 0.3 is 6.03 Å². The number of hydrogen-bond donors (Lipinski definition) is 0. The van der Waals surface area contributed by atoms with Gasteiger partial charge in [-0.3, -0.25) is 4.90 Å². The van der Waals surface area contributed by atoms with Gasteiger partial charge in [-0.05, 0) is 26.0 Å². The Morgan fingerprint density at radius 3 is 2.27 bits per heavy atom. The van der Waals surface area contributed by atoms with Crippen LogP contribution in [-0.4, -0.2) is 35.5 Å². The number of oxime groups is 1. The maximum absolute atomic E-state index is 12.8. The van der Waals surface area contributed by atoms with Gasteiger partial charge in [0.2, 0.25) is 6.23 Å². The SMILES string of the molecule is CN1C(=O)N(c2ccccc2)C(O/N=C(/C#N)c2ccccc2)C1(C)C. The molecular weight excluding hydrogens is 328 g/mol. The number of anilines is 1. The van der Waals surface area contributed by atoms with Gasteiger partial charge in [-0.25, -0.2) is 4.79 Å². The van der Waals surface area contributed by atoms with E-state index in [-0.39, 0.29) is 11.7 Å². The van der Waals surface area contributed by atoms with Crippen molar-refractivity contribution in [3.63, 3.8) is 0 Å². The van der Waals surface area contributed by atoms with Gasteiger partial charge in [0.15, 0.2) is 5.71 Å². The second kappa shape index (κ2) is 6.89. The number of hydrogen-bond acceptors (Lipinski definition) is 4. The highest BCUT2D eigenvalue weighted by Gasteiger charge is 2.52. The molecule has 0 spiro atoms. The quantitative estimate of drug-likeness (QED) is 0.626. The van der Waals surface area contributed by atoms with E-state index in [1.807, 2.05) is 62.4 Å². The number of amides is 2. The Balaban J connectivity index is 1.96. The van der Waals surface area contributed by atoms with E-state index in [2.05, 4.69) is 11.2 Å². The number of benzene rings is 2. The van der Waals surface area contributed by atoms with Gasteiger partial charge in [0.1, 0.15) is 6.07 Å². The minimum absolute atomic E-state index is 0.163. The number of urea groups is 1. The van der Waals surface area contributed by atoms with Crippen LogP contribution in [0.15, 0.2) is 65.8 Å². The van der Waals surface area contributed by atoms with E-state index in [9.17, 15) is 10.1 Å². The van der Waals surface area contributed by atoms with Crippen molar-refractivity contribution < 1.29 is 9.63 Å². The first kappa shape index (κ1) is 17.5. The number of carbonyl (C=O) groups is 1. The van der Waals surface area contributed by atoms with Crippen LogP contribution in [0.5, 0.6) is 0 Å². The standard InChI is InChI=1S/C20H20N4O2/c1-20(2)18(26-22-17(14-21)15-10-6-4-7-11-15)24(19(25)23(20)3)16-12-8-5-9-13-16/h4-13,18H,1-3H3/b22-17-. The first-order valence-corrected chi connectivity index (χ1v) is 8.28. The smallest absolute Gasteiger partial charge is 0.327 e. The first-order valence-electron chi connectivity index (χ1n) is 8.28. The number of rotatable bonds is 4. The highest BCUT2D eigenvalue weighted by molar-refractivity contribution is 6.11. The number of para-hydroxylation sites is 1. The van der Waals surface area contributed by atoms with E-state index < -0.39 is 11.8 Å². The van der Waals surface area contributed by atoms with E-state index in [1.165, 1.54) is 0 Å². The van der Waals surface area contributed by atoms with Gasteiger partial charge in [-0.2, -0.15) is 5.26 Å². The molecule has 6 heteroatoms. The average molecular weight is 348 g/mol. The largest absolute Gasteiger partial charge is 0.366 e. The summed E-state index contributed by atoms with van der Waals surface area (Å²) < 4.78 is 0. The third-order valence-corrected chi connectivity index (χ3v) is 4.63. The Bertz CT molecular complexity index is 856. The van der Waals surface area contributed by atoms with Gasteiger partial charge < -0.3 is 9.74 Å². The molecule has 1 atom stereocenters. The third-order valence-electron chi connectivity index (χ3n) is 4.63. The molecule has 1 aliphatic heterocycles. The molecule has 0 radical (unpaired) electrons. The number of nitriles is 1. The maximum Gasteiger partial charge on any atom is 0.327 e. The van der Waals surface area contributed by atoms with Gasteiger partial charge in [0.05, 0.1) is 5.54 Å². The van der Waals surface area contributed by atoms with Crippen molar-refractivity contribution in [3.8, 4) is 6.07 Å². The molecule has 3 rings (SSSR count). The molecule has 0 bridgehead atoms. The lowest BCUT2D eigenvalue weighted by Gasteiger charge is -2.31. The molecule has 2 aromatic rings. The molecule has 0 saturated carbocycles. The molecule has 1 fully saturated rings. The van der Waals surface area contributed by atoms with Gasteiger partial charge in [0, 0.05) is 18.3 Å². The van der Waals surface area contributed by atoms with Gasteiger partial charge in [-0.1, -0.05) is 53.7 Å². The summed E-state index contributed by atoms with van der Waals surface area (Å²) in [6.45, 7) is 3.81. The van der Waals surface area contributed by atoms with Crippen molar-refractivity contribution in [1.29, 1.82) is 5.26 Å². The molecule has 26 heavy (non-hydrogen) atoms. The Kier molecular flexibility index (Phi) is 4.63. The Morgan fingerprint density at radius 2 is 1.69 bits per heavy atom. The van der Waals surface area contributed by atoms with Crippen LogP contribution in [0, 0.1) is 11.3 Å². The number of carbonyl (C=O) groups excluding carboxylic acids is 1. The molecule has 1 unspecified atom stereocenters. The van der Waals surface area contributed by atoms with Crippen LogP contribution in [0.2, 0.25) is 0 Å². The molecule has 2 aromatic carbocycles. The van der Waals surface area contributed by atoms with Crippen LogP contribution < -0.4 is 4.90 Å². The van der Waals surface area contributed by atoms with Crippen LogP contribution in [0.3, 0.4) is 0 Å². The van der Waals surface area contributed by atoms with Crippen LogP contribution in [0.1, 0.15) is 19.4 Å². The number of nitrogens with zero attached hydrogens (tertiary/aromatic N) is 4. The summed E-state index contributed by atoms with van der Waals surface area (Å²) in [6, 6.07) is 20.3. The third kappa shape index (κ3) is 3.00. The predicted molar refractivity (Wildman–Crippen MR) is 99.6 cm³/mol. The molecule has 6 nitrogen and oxygen atoms in total. The summed E-state index contributed by atoms with van der Waals surface area (Å²) in [7, 11) is 1.73. The molecule has 1 saturated heterocycles. The van der Waals surface area contributed by atoms with Crippen LogP contribution >= 0.6 is 0 Å². The highest BCUT2D eigenvalue weighted by atomic mass is 16.7. The molecular formula is C20H20N4O2. The minimum Gasteiger partial charge on any atom is -0.366 e. The maximum atomic E-state index is 12.8. The first-order chi connectivity index (χ1) is 12.5. The minimum atomic E-state index is -0.672. The monoisotopic (exact) mass is 348 g/mol. The van der Waals surface area contributed by atoms with Crippen molar-refractivity contribution in [1.82, 2.24) is 4.90 Å². The lowest BCUT2D eigenvalue weighted by Crippen LogP contribution is -2.46. The fourth-order valence-corrected chi connectivity index (χ4v) is 2.84. The molecule has 1 aliphatic rings. The molecule has 0 aliphatic carbocycles. The van der Waals surface area contributed by atoms with E-state index in [1.54, 1.807) is 29.0 Å². The molecule has 2 amide bonds. The zero-order valence-electron chi connectivity index (χ0n) is 15.0. The van der Waals surface area contributed by atoms with Crippen LogP contribution in [0.4, 0.5) is 10.5 Å². The lowest BCUT2D eigenvalue weighted by molar-refractivity contribution is 0.000881. The lowest BCUT2D eigenvalue weighted by atomic mass is 10.0. The second-order valence-electron chi connectivity index (χ2n) is 6.58. The Morgan fingerprint density at radius 1 is 1.12 bits per heavy atom. The van der Waals surface area contributed by atoms with Gasteiger partial charge in [0.25, 0.3) is 0 Å². The van der Waals surface area contributed by atoms with E-state index in [0.29, 0.717) is 11.3 Å². The normalized spacial score (nSPS) is 19.4. The summed E-state index contributed by atoms with van der Waals surface area (Å²) in [5, 5.41) is 13.5. The van der Waals surface area contributed by atoms with Crippen LogP contribution in [0.25, 0.3) is 0 Å². The summed E-state index contributed by atoms with van der Waals surface area (Å²) in [5.74, 6) is 0. The molecule has 0 N–H and O–H groups in total. The zero-order chi connectivity index (χ0) is 18.7. The van der Waals surface area contributed by atoms with Crippen molar-refractivity contribution in [2.75, 3.05) is 11.9 Å². The van der Waals surface area contributed by atoms with Crippen molar-refractivity contribution in [2.45, 2.75) is 25.6 Å². The van der Waals surface area contributed by atoms with Crippen LogP contribution in [-0.2, 0) is 4.84 Å². The number of likely N-dealkylation sites (N-methyl/N-ethyl adjacent to an activating group) is 1. The highest BCUT2D eigenvalue weighted by Crippen LogP contribution is 2.35. The fourth-order valence-electron chi connectivity index (χ4n) is 2.84. The average Bonchev–Trinajstić information content (AvgIpc) is 2.84. The summed E-state index contributed by atoms with van der Waals surface area (Å²) >= 11 is 0. The fraction of sp³-hybridized carbons (Fsp3) is 0.250.